The summed E-state index contributed by atoms with van der Waals surface area (Å²) in [5.74, 6) is -1.88. The standard InChI is InChI=1S/C38H66N2O7/c1-6-10-11-12-13-14-15-16-17-18-19-20-21-22-23-24-27-46-36(43)26-25-35(42)40-33-28-31(38(44)45-9-4)29-34(37(33)39-30(5)41)47-32(7-2)8-3/h25-26,29,32-34,37H,6-24,27-28H2,1-5H3,(H,39,41)(H,40,42)/b26-25+/t33-,34+,37-/m0/s1. The predicted molar refractivity (Wildman–Crippen MR) is 188 cm³/mol. The summed E-state index contributed by atoms with van der Waals surface area (Å²) in [6.45, 7) is 9.92. The van der Waals surface area contributed by atoms with Crippen LogP contribution in [0, 0.1) is 0 Å². The molecule has 1 aliphatic carbocycles. The zero-order chi connectivity index (χ0) is 34.7. The summed E-state index contributed by atoms with van der Waals surface area (Å²) in [4.78, 5) is 49.7. The van der Waals surface area contributed by atoms with Crippen molar-refractivity contribution in [1.29, 1.82) is 0 Å². The molecule has 9 heteroatoms. The molecule has 9 nitrogen and oxygen atoms in total. The van der Waals surface area contributed by atoms with Crippen molar-refractivity contribution in [2.75, 3.05) is 13.2 Å². The molecular weight excluding hydrogens is 596 g/mol. The third-order valence-corrected chi connectivity index (χ3v) is 8.70. The summed E-state index contributed by atoms with van der Waals surface area (Å²) in [5.41, 5.74) is 0.372. The fraction of sp³-hybridized carbons (Fsp3) is 0.789. The number of carbonyl (C=O) groups excluding carboxylic acids is 4. The van der Waals surface area contributed by atoms with Crippen LogP contribution in [0.3, 0.4) is 0 Å². The largest absolute Gasteiger partial charge is 0.463 e. The van der Waals surface area contributed by atoms with Gasteiger partial charge in [0.2, 0.25) is 11.8 Å². The molecule has 1 rings (SSSR count). The maximum atomic E-state index is 12.8. The van der Waals surface area contributed by atoms with E-state index in [2.05, 4.69) is 17.6 Å². The van der Waals surface area contributed by atoms with Gasteiger partial charge in [-0.2, -0.15) is 0 Å². The third-order valence-electron chi connectivity index (χ3n) is 8.70. The van der Waals surface area contributed by atoms with Gasteiger partial charge in [0.15, 0.2) is 0 Å². The van der Waals surface area contributed by atoms with E-state index in [0.29, 0.717) is 12.2 Å². The summed E-state index contributed by atoms with van der Waals surface area (Å²) in [6.07, 6.45) is 25.3. The van der Waals surface area contributed by atoms with Crippen LogP contribution in [-0.4, -0.2) is 61.3 Å². The van der Waals surface area contributed by atoms with Gasteiger partial charge in [-0.3, -0.25) is 9.59 Å². The number of unbranched alkanes of at least 4 members (excludes halogenated alkanes) is 15. The molecule has 0 bridgehead atoms. The number of nitrogens with one attached hydrogen (secondary N) is 2. The lowest BCUT2D eigenvalue weighted by Crippen LogP contribution is -2.59. The van der Waals surface area contributed by atoms with Gasteiger partial charge in [0.1, 0.15) is 0 Å². The second-order valence-corrected chi connectivity index (χ2v) is 12.8. The Bertz CT molecular complexity index is 944. The number of ether oxygens (including phenoxy) is 3. The first kappa shape index (κ1) is 42.3. The van der Waals surface area contributed by atoms with Gasteiger partial charge in [0.25, 0.3) is 0 Å². The topological polar surface area (TPSA) is 120 Å². The molecule has 1 aliphatic rings. The van der Waals surface area contributed by atoms with E-state index in [0.717, 1.165) is 44.3 Å². The minimum Gasteiger partial charge on any atom is -0.463 e. The quantitative estimate of drug-likeness (QED) is 0.0523. The Morgan fingerprint density at radius 2 is 1.28 bits per heavy atom. The first-order valence-corrected chi connectivity index (χ1v) is 18.7. The Morgan fingerprint density at radius 1 is 0.745 bits per heavy atom. The minimum atomic E-state index is -0.652. The molecule has 0 fully saturated rings. The van der Waals surface area contributed by atoms with E-state index in [9.17, 15) is 19.2 Å². The molecule has 0 radical (unpaired) electrons. The molecule has 0 aromatic rings. The van der Waals surface area contributed by atoms with Crippen LogP contribution in [0.1, 0.15) is 157 Å². The van der Waals surface area contributed by atoms with E-state index in [1.165, 1.54) is 90.4 Å². The normalized spacial score (nSPS) is 17.8. The van der Waals surface area contributed by atoms with Crippen LogP contribution in [0.4, 0.5) is 0 Å². The Labute approximate surface area is 285 Å². The van der Waals surface area contributed by atoms with Crippen LogP contribution in [0.5, 0.6) is 0 Å². The number of rotatable bonds is 27. The molecule has 2 N–H and O–H groups in total. The smallest absolute Gasteiger partial charge is 0.333 e. The van der Waals surface area contributed by atoms with Gasteiger partial charge in [-0.25, -0.2) is 9.59 Å². The van der Waals surface area contributed by atoms with Crippen molar-refractivity contribution < 1.29 is 33.4 Å². The molecule has 0 saturated heterocycles. The minimum absolute atomic E-state index is 0.0885. The van der Waals surface area contributed by atoms with Crippen molar-refractivity contribution in [1.82, 2.24) is 10.6 Å². The molecule has 0 unspecified atom stereocenters. The molecular formula is C38H66N2O7. The zero-order valence-electron chi connectivity index (χ0n) is 30.2. The zero-order valence-corrected chi connectivity index (χ0v) is 30.2. The van der Waals surface area contributed by atoms with Gasteiger partial charge in [0, 0.05) is 31.1 Å². The molecule has 0 aromatic carbocycles. The lowest BCUT2D eigenvalue weighted by molar-refractivity contribution is -0.139. The van der Waals surface area contributed by atoms with Crippen molar-refractivity contribution in [3.05, 3.63) is 23.8 Å². The first-order chi connectivity index (χ1) is 22.7. The molecule has 0 aromatic heterocycles. The lowest BCUT2D eigenvalue weighted by Gasteiger charge is -2.38. The molecule has 47 heavy (non-hydrogen) atoms. The highest BCUT2D eigenvalue weighted by molar-refractivity contribution is 5.95. The average Bonchev–Trinajstić information content (AvgIpc) is 3.05. The van der Waals surface area contributed by atoms with E-state index in [-0.39, 0.29) is 25.0 Å². The Hall–Kier alpha value is -2.68. The summed E-state index contributed by atoms with van der Waals surface area (Å²) in [6, 6.07) is -1.26. The number of amides is 2. The highest BCUT2D eigenvalue weighted by Gasteiger charge is 2.38. The van der Waals surface area contributed by atoms with E-state index in [4.69, 9.17) is 14.2 Å². The van der Waals surface area contributed by atoms with E-state index >= 15 is 0 Å². The van der Waals surface area contributed by atoms with Crippen LogP contribution < -0.4 is 10.6 Å². The molecule has 0 spiro atoms. The Kier molecular flexibility index (Phi) is 24.6. The van der Waals surface area contributed by atoms with E-state index < -0.39 is 36.0 Å². The van der Waals surface area contributed by atoms with Crippen molar-refractivity contribution in [3.63, 3.8) is 0 Å². The van der Waals surface area contributed by atoms with Crippen LogP contribution >= 0.6 is 0 Å². The maximum Gasteiger partial charge on any atom is 0.333 e. The van der Waals surface area contributed by atoms with Crippen molar-refractivity contribution >= 4 is 23.8 Å². The fourth-order valence-electron chi connectivity index (χ4n) is 5.97. The summed E-state index contributed by atoms with van der Waals surface area (Å²) in [7, 11) is 0. The second-order valence-electron chi connectivity index (χ2n) is 12.8. The SMILES string of the molecule is CCCCCCCCCCCCCCCCCCOC(=O)/C=C/C(=O)N[C@H]1CC(C(=O)OCC)=C[C@@H](OC(CC)CC)[C@H]1NC(C)=O. The van der Waals surface area contributed by atoms with Gasteiger partial charge < -0.3 is 24.8 Å². The number of esters is 2. The molecule has 2 amide bonds. The summed E-state index contributed by atoms with van der Waals surface area (Å²) < 4.78 is 16.7. The molecule has 0 aliphatic heterocycles. The van der Waals surface area contributed by atoms with Crippen LogP contribution in [-0.2, 0) is 33.4 Å². The monoisotopic (exact) mass is 662 g/mol. The average molecular weight is 663 g/mol. The fourth-order valence-corrected chi connectivity index (χ4v) is 5.97. The molecule has 3 atom stereocenters. The van der Waals surface area contributed by atoms with Crippen molar-refractivity contribution in [2.45, 2.75) is 181 Å². The molecule has 270 valence electrons. The third kappa shape index (κ3) is 20.3. The van der Waals surface area contributed by atoms with Crippen molar-refractivity contribution in [2.24, 2.45) is 0 Å². The van der Waals surface area contributed by atoms with Gasteiger partial charge >= 0.3 is 11.9 Å². The number of hydrogen-bond donors (Lipinski definition) is 2. The maximum absolute atomic E-state index is 12.8. The number of hydrogen-bond acceptors (Lipinski definition) is 7. The predicted octanol–water partition coefficient (Wildman–Crippen LogP) is 7.80. The Balaban J connectivity index is 2.39. The van der Waals surface area contributed by atoms with Gasteiger partial charge in [-0.15, -0.1) is 0 Å². The van der Waals surface area contributed by atoms with Crippen LogP contribution in [0.25, 0.3) is 0 Å². The van der Waals surface area contributed by atoms with Crippen LogP contribution in [0.2, 0.25) is 0 Å². The highest BCUT2D eigenvalue weighted by Crippen LogP contribution is 2.25. The lowest BCUT2D eigenvalue weighted by atomic mass is 9.87. The van der Waals surface area contributed by atoms with Crippen LogP contribution in [0.15, 0.2) is 23.8 Å². The Morgan fingerprint density at radius 3 is 1.77 bits per heavy atom. The van der Waals surface area contributed by atoms with Gasteiger partial charge in [-0.1, -0.05) is 117 Å². The number of carbonyl (C=O) groups is 4. The molecule has 0 saturated carbocycles. The summed E-state index contributed by atoms with van der Waals surface area (Å²) >= 11 is 0. The van der Waals surface area contributed by atoms with Crippen molar-refractivity contribution in [3.8, 4) is 0 Å². The van der Waals surface area contributed by atoms with Gasteiger partial charge in [-0.05, 0) is 32.3 Å². The molecule has 0 heterocycles. The summed E-state index contributed by atoms with van der Waals surface area (Å²) in [5, 5.41) is 5.73. The van der Waals surface area contributed by atoms with E-state index in [1.807, 2.05) is 13.8 Å². The van der Waals surface area contributed by atoms with Gasteiger partial charge in [0.05, 0.1) is 37.5 Å². The van der Waals surface area contributed by atoms with E-state index in [1.54, 1.807) is 13.0 Å². The highest BCUT2D eigenvalue weighted by atomic mass is 16.5. The first-order valence-electron chi connectivity index (χ1n) is 18.7. The second kappa shape index (κ2) is 27.3.